The Morgan fingerprint density at radius 1 is 1.31 bits per heavy atom. The van der Waals surface area contributed by atoms with Crippen LogP contribution >= 0.6 is 0 Å². The Morgan fingerprint density at radius 3 is 2.69 bits per heavy atom. The molecule has 10 heteroatoms. The molecule has 0 saturated carbocycles. The maximum atomic E-state index is 13.0. The largest absolute Gasteiger partial charge is 0.421 e. The quantitative estimate of drug-likeness (QED) is 0.752. The number of nitrogens with zero attached hydrogens (tertiary/aromatic N) is 4. The van der Waals surface area contributed by atoms with E-state index in [1.54, 1.807) is 6.92 Å². The Bertz CT molecular complexity index is 751. The summed E-state index contributed by atoms with van der Waals surface area (Å²) in [5.41, 5.74) is 0.551. The van der Waals surface area contributed by atoms with Crippen LogP contribution in [0.3, 0.4) is 0 Å². The molecule has 0 amide bonds. The summed E-state index contributed by atoms with van der Waals surface area (Å²) in [6, 6.07) is 0.316. The molecule has 0 aromatic carbocycles. The van der Waals surface area contributed by atoms with Crippen molar-refractivity contribution in [1.82, 2.24) is 25.1 Å². The van der Waals surface area contributed by atoms with Gasteiger partial charge in [-0.2, -0.15) is 23.3 Å². The van der Waals surface area contributed by atoms with Crippen LogP contribution < -0.4 is 16.0 Å². The molecule has 2 aromatic rings. The highest BCUT2D eigenvalue weighted by Gasteiger charge is 2.35. The van der Waals surface area contributed by atoms with E-state index < -0.39 is 11.7 Å². The Hall–Kier alpha value is -2.36. The summed E-state index contributed by atoms with van der Waals surface area (Å²) in [5, 5.41) is 13.4. The predicted molar refractivity (Wildman–Crippen MR) is 92.6 cm³/mol. The third-order valence-corrected chi connectivity index (χ3v) is 4.28. The van der Waals surface area contributed by atoms with Gasteiger partial charge in [0, 0.05) is 18.9 Å². The maximum Gasteiger partial charge on any atom is 0.421 e. The monoisotopic (exact) mass is 369 g/mol. The summed E-state index contributed by atoms with van der Waals surface area (Å²) in [6.07, 6.45) is 0.120. The van der Waals surface area contributed by atoms with Gasteiger partial charge in [-0.05, 0) is 39.8 Å². The van der Waals surface area contributed by atoms with E-state index in [9.17, 15) is 13.2 Å². The minimum absolute atomic E-state index is 0.0990. The molecule has 1 aliphatic rings. The van der Waals surface area contributed by atoms with Crippen molar-refractivity contribution in [2.75, 3.05) is 30.3 Å². The Labute approximate surface area is 149 Å². The number of aryl methyl sites for hydroxylation is 1. The van der Waals surface area contributed by atoms with Crippen LogP contribution in [0.1, 0.15) is 37.1 Å². The summed E-state index contributed by atoms with van der Waals surface area (Å²) in [4.78, 5) is 7.80. The second kappa shape index (κ2) is 7.48. The van der Waals surface area contributed by atoms with E-state index in [2.05, 4.69) is 31.0 Å². The number of piperidine rings is 1. The maximum absolute atomic E-state index is 13.0. The van der Waals surface area contributed by atoms with Crippen molar-refractivity contribution in [3.63, 3.8) is 0 Å². The van der Waals surface area contributed by atoms with Gasteiger partial charge in [0.05, 0.1) is 17.4 Å². The molecule has 26 heavy (non-hydrogen) atoms. The molecule has 2 aromatic heterocycles. The lowest BCUT2D eigenvalue weighted by atomic mass is 10.1. The van der Waals surface area contributed by atoms with Gasteiger partial charge in [0.25, 0.3) is 0 Å². The van der Waals surface area contributed by atoms with Crippen LogP contribution in [0, 0.1) is 6.92 Å². The molecule has 0 atom stereocenters. The third kappa shape index (κ3) is 4.06. The van der Waals surface area contributed by atoms with E-state index in [-0.39, 0.29) is 11.8 Å². The smallest absolute Gasteiger partial charge is 0.370 e. The van der Waals surface area contributed by atoms with E-state index >= 15 is 0 Å². The van der Waals surface area contributed by atoms with Gasteiger partial charge in [-0.25, -0.2) is 4.98 Å². The lowest BCUT2D eigenvalue weighted by Crippen LogP contribution is -2.29. The number of aromatic nitrogens is 4. The van der Waals surface area contributed by atoms with E-state index in [1.165, 1.54) is 0 Å². The highest BCUT2D eigenvalue weighted by Crippen LogP contribution is 2.34. The molecule has 0 unspecified atom stereocenters. The molecule has 0 spiro atoms. The Kier molecular flexibility index (Phi) is 5.30. The minimum Gasteiger partial charge on any atom is -0.370 e. The number of halogens is 3. The first-order valence-electron chi connectivity index (χ1n) is 8.60. The fourth-order valence-corrected chi connectivity index (χ4v) is 2.93. The lowest BCUT2D eigenvalue weighted by molar-refractivity contribution is -0.137. The predicted octanol–water partition coefficient (Wildman–Crippen LogP) is 3.10. The van der Waals surface area contributed by atoms with Crippen LogP contribution in [0.4, 0.5) is 30.6 Å². The van der Waals surface area contributed by atoms with E-state index in [0.29, 0.717) is 18.3 Å². The van der Waals surface area contributed by atoms with Crippen LogP contribution in [0.25, 0.3) is 0 Å². The molecule has 7 nitrogen and oxygen atoms in total. The molecular formula is C16H22F3N7. The zero-order valence-corrected chi connectivity index (χ0v) is 14.7. The topological polar surface area (TPSA) is 79.7 Å². The number of alkyl halides is 3. The SMILES string of the molecule is CCNc1nc(Nc2cn(C3CCNCC3)nc2C)ncc1C(F)(F)F. The molecule has 3 rings (SSSR count). The molecule has 3 heterocycles. The first-order valence-corrected chi connectivity index (χ1v) is 8.60. The summed E-state index contributed by atoms with van der Waals surface area (Å²) >= 11 is 0. The van der Waals surface area contributed by atoms with Gasteiger partial charge in [-0.1, -0.05) is 0 Å². The van der Waals surface area contributed by atoms with Gasteiger partial charge in [0.15, 0.2) is 0 Å². The van der Waals surface area contributed by atoms with Crippen molar-refractivity contribution in [3.8, 4) is 0 Å². The molecule has 142 valence electrons. The van der Waals surface area contributed by atoms with Gasteiger partial charge < -0.3 is 16.0 Å². The average Bonchev–Trinajstić information content (AvgIpc) is 2.96. The zero-order chi connectivity index (χ0) is 18.7. The summed E-state index contributed by atoms with van der Waals surface area (Å²) in [7, 11) is 0. The molecule has 0 bridgehead atoms. The van der Waals surface area contributed by atoms with Crippen LogP contribution in [-0.2, 0) is 6.18 Å². The van der Waals surface area contributed by atoms with Crippen molar-refractivity contribution in [3.05, 3.63) is 23.7 Å². The number of rotatable bonds is 5. The van der Waals surface area contributed by atoms with Gasteiger partial charge >= 0.3 is 6.18 Å². The van der Waals surface area contributed by atoms with Crippen molar-refractivity contribution in [2.24, 2.45) is 0 Å². The Balaban J connectivity index is 1.82. The average molecular weight is 369 g/mol. The van der Waals surface area contributed by atoms with Gasteiger partial charge in [-0.15, -0.1) is 0 Å². The molecule has 0 radical (unpaired) electrons. The first kappa shape index (κ1) is 18.4. The summed E-state index contributed by atoms with van der Waals surface area (Å²) in [6.45, 7) is 5.77. The van der Waals surface area contributed by atoms with Crippen molar-refractivity contribution >= 4 is 17.5 Å². The van der Waals surface area contributed by atoms with Crippen LogP contribution in [-0.4, -0.2) is 39.4 Å². The van der Waals surface area contributed by atoms with Crippen molar-refractivity contribution in [2.45, 2.75) is 38.9 Å². The van der Waals surface area contributed by atoms with Crippen molar-refractivity contribution < 1.29 is 13.2 Å². The highest BCUT2D eigenvalue weighted by molar-refractivity contribution is 5.58. The fraction of sp³-hybridized carbons (Fsp3) is 0.562. The lowest BCUT2D eigenvalue weighted by Gasteiger charge is -2.22. The van der Waals surface area contributed by atoms with Gasteiger partial charge in [0.2, 0.25) is 5.95 Å². The zero-order valence-electron chi connectivity index (χ0n) is 14.7. The number of hydrogen-bond donors (Lipinski definition) is 3. The number of anilines is 3. The van der Waals surface area contributed by atoms with Crippen molar-refractivity contribution in [1.29, 1.82) is 0 Å². The molecule has 1 aliphatic heterocycles. The fourth-order valence-electron chi connectivity index (χ4n) is 2.93. The normalized spacial score (nSPS) is 15.9. The number of nitrogens with one attached hydrogen (secondary N) is 3. The van der Waals surface area contributed by atoms with Gasteiger partial charge in [0.1, 0.15) is 11.4 Å². The molecule has 1 fully saturated rings. The van der Waals surface area contributed by atoms with E-state index in [0.717, 1.165) is 37.8 Å². The van der Waals surface area contributed by atoms with E-state index in [4.69, 9.17) is 0 Å². The van der Waals surface area contributed by atoms with Crippen LogP contribution in [0.2, 0.25) is 0 Å². The summed E-state index contributed by atoms with van der Waals surface area (Å²) < 4.78 is 41.0. The summed E-state index contributed by atoms with van der Waals surface area (Å²) in [5.74, 6) is -0.136. The molecule has 0 aliphatic carbocycles. The highest BCUT2D eigenvalue weighted by atomic mass is 19.4. The van der Waals surface area contributed by atoms with Gasteiger partial charge in [-0.3, -0.25) is 4.68 Å². The Morgan fingerprint density at radius 2 is 2.04 bits per heavy atom. The second-order valence-corrected chi connectivity index (χ2v) is 6.20. The van der Waals surface area contributed by atoms with Crippen LogP contribution in [0.5, 0.6) is 0 Å². The second-order valence-electron chi connectivity index (χ2n) is 6.20. The standard InChI is InChI=1S/C16H22F3N7/c1-3-21-14-12(16(17,18)19)8-22-15(24-14)23-13-9-26(25-10(13)2)11-4-6-20-7-5-11/h8-9,11,20H,3-7H2,1-2H3,(H2,21,22,23,24). The molecule has 3 N–H and O–H groups in total. The third-order valence-electron chi connectivity index (χ3n) is 4.28. The van der Waals surface area contributed by atoms with Crippen LogP contribution in [0.15, 0.2) is 12.4 Å². The first-order chi connectivity index (χ1) is 12.4. The number of hydrogen-bond acceptors (Lipinski definition) is 6. The van der Waals surface area contributed by atoms with E-state index in [1.807, 2.05) is 17.8 Å². The minimum atomic E-state index is -4.51. The molecule has 1 saturated heterocycles. The molecular weight excluding hydrogens is 347 g/mol.